The van der Waals surface area contributed by atoms with Gasteiger partial charge in [-0.15, -0.1) is 0 Å². The van der Waals surface area contributed by atoms with Crippen LogP contribution in [0.5, 0.6) is 0 Å². The van der Waals surface area contributed by atoms with Crippen molar-refractivity contribution in [3.63, 3.8) is 0 Å². The molecule has 0 spiro atoms. The molecule has 0 aliphatic heterocycles. The summed E-state index contributed by atoms with van der Waals surface area (Å²) in [6, 6.07) is 33.8. The molecule has 0 aliphatic carbocycles. The molecule has 0 N–H and O–H groups in total. The smallest absolute Gasteiger partial charge is 0.306 e. The molecule has 36 heavy (non-hydrogen) atoms. The van der Waals surface area contributed by atoms with Gasteiger partial charge in [0.2, 0.25) is 0 Å². The van der Waals surface area contributed by atoms with Crippen molar-refractivity contribution in [2.24, 2.45) is 0 Å². The van der Waals surface area contributed by atoms with E-state index in [0.29, 0.717) is 11.0 Å². The molecule has 6 aromatic rings. The summed E-state index contributed by atoms with van der Waals surface area (Å²) in [6.45, 7) is 0. The molecule has 0 unspecified atom stereocenters. The first-order valence-corrected chi connectivity index (χ1v) is 11.5. The maximum absolute atomic E-state index is 15.1. The van der Waals surface area contributed by atoms with Gasteiger partial charge in [0.1, 0.15) is 5.82 Å². The Morgan fingerprint density at radius 2 is 1.00 bits per heavy atom. The minimum absolute atomic E-state index is 0.134. The lowest BCUT2D eigenvalue weighted by Crippen LogP contribution is -2.07. The van der Waals surface area contributed by atoms with Gasteiger partial charge in [-0.2, -0.15) is 13.2 Å². The summed E-state index contributed by atoms with van der Waals surface area (Å²) in [5.74, 6) is -0.721. The fraction of sp³-hybridized carbons (Fsp3) is 0.0323. The topological polar surface area (TPSA) is 4.93 Å². The van der Waals surface area contributed by atoms with Gasteiger partial charge in [-0.1, -0.05) is 72.8 Å². The standard InChI is InChI=1S/C31H19F4N/c32-27-14-13-24(31(33,34)35)19-30(27)36-28-15-11-22(20-7-3-1-4-8-20)17-25(28)26-18-23(12-16-29(26)36)21-9-5-2-6-10-21/h1-19H. The van der Waals surface area contributed by atoms with Gasteiger partial charge in [-0.05, 0) is 64.7 Å². The van der Waals surface area contributed by atoms with Crippen molar-refractivity contribution in [3.05, 3.63) is 127 Å². The van der Waals surface area contributed by atoms with Crippen LogP contribution in [0.3, 0.4) is 0 Å². The van der Waals surface area contributed by atoms with Crippen LogP contribution < -0.4 is 0 Å². The Balaban J connectivity index is 1.68. The molecule has 5 heteroatoms. The molecular weight excluding hydrogens is 462 g/mol. The first-order chi connectivity index (χ1) is 17.4. The van der Waals surface area contributed by atoms with Crippen LogP contribution in [0.15, 0.2) is 115 Å². The van der Waals surface area contributed by atoms with Crippen LogP contribution in [0.25, 0.3) is 49.7 Å². The number of benzene rings is 5. The lowest BCUT2D eigenvalue weighted by Gasteiger charge is -2.13. The predicted molar refractivity (Wildman–Crippen MR) is 137 cm³/mol. The summed E-state index contributed by atoms with van der Waals surface area (Å²) in [7, 11) is 0. The monoisotopic (exact) mass is 481 g/mol. The van der Waals surface area contributed by atoms with E-state index in [-0.39, 0.29) is 5.69 Å². The van der Waals surface area contributed by atoms with Gasteiger partial charge in [-0.25, -0.2) is 4.39 Å². The van der Waals surface area contributed by atoms with Gasteiger partial charge in [0.05, 0.1) is 22.3 Å². The Morgan fingerprint density at radius 1 is 0.500 bits per heavy atom. The van der Waals surface area contributed by atoms with Crippen LogP contribution in [-0.2, 0) is 6.18 Å². The zero-order valence-electron chi connectivity index (χ0n) is 18.9. The second-order valence-corrected chi connectivity index (χ2v) is 8.70. The van der Waals surface area contributed by atoms with E-state index in [0.717, 1.165) is 51.2 Å². The molecule has 1 aromatic heterocycles. The predicted octanol–water partition coefficient (Wildman–Crippen LogP) is 9.28. The van der Waals surface area contributed by atoms with E-state index in [2.05, 4.69) is 0 Å². The van der Waals surface area contributed by atoms with Crippen molar-refractivity contribution in [2.45, 2.75) is 6.18 Å². The van der Waals surface area contributed by atoms with Crippen molar-refractivity contribution >= 4 is 21.8 Å². The molecule has 0 aliphatic rings. The van der Waals surface area contributed by atoms with E-state index < -0.39 is 17.6 Å². The Hall–Kier alpha value is -4.38. The highest BCUT2D eigenvalue weighted by Gasteiger charge is 2.31. The number of alkyl halides is 3. The van der Waals surface area contributed by atoms with Gasteiger partial charge >= 0.3 is 6.18 Å². The fourth-order valence-electron chi connectivity index (χ4n) is 4.76. The summed E-state index contributed by atoms with van der Waals surface area (Å²) in [5, 5.41) is 1.67. The molecular formula is C31H19F4N. The molecule has 0 saturated carbocycles. The second-order valence-electron chi connectivity index (χ2n) is 8.70. The Bertz CT molecular complexity index is 1620. The quantitative estimate of drug-likeness (QED) is 0.222. The molecule has 5 aromatic carbocycles. The number of nitrogens with zero attached hydrogens (tertiary/aromatic N) is 1. The van der Waals surface area contributed by atoms with E-state index >= 15 is 4.39 Å². The van der Waals surface area contributed by atoms with Crippen LogP contribution in [0.4, 0.5) is 17.6 Å². The van der Waals surface area contributed by atoms with Crippen molar-refractivity contribution in [1.82, 2.24) is 4.57 Å². The lowest BCUT2D eigenvalue weighted by molar-refractivity contribution is -0.137. The van der Waals surface area contributed by atoms with E-state index in [1.807, 2.05) is 97.1 Å². The summed E-state index contributed by atoms with van der Waals surface area (Å²) < 4.78 is 57.2. The molecule has 6 rings (SSSR count). The Labute approximate surface area is 204 Å². The maximum atomic E-state index is 15.1. The third-order valence-electron chi connectivity index (χ3n) is 6.49. The van der Waals surface area contributed by atoms with Crippen LogP contribution in [-0.4, -0.2) is 4.57 Å². The SMILES string of the molecule is Fc1ccc(C(F)(F)F)cc1-n1c2ccc(-c3ccccc3)cc2c2cc(-c3ccccc3)ccc21. The largest absolute Gasteiger partial charge is 0.416 e. The highest BCUT2D eigenvalue weighted by Crippen LogP contribution is 2.39. The van der Waals surface area contributed by atoms with E-state index in [1.54, 1.807) is 4.57 Å². The number of halogens is 4. The Kier molecular flexibility index (Phi) is 5.15. The Morgan fingerprint density at radius 3 is 1.47 bits per heavy atom. The minimum atomic E-state index is -4.58. The summed E-state index contributed by atoms with van der Waals surface area (Å²) in [5.41, 5.74) is 4.21. The fourth-order valence-corrected chi connectivity index (χ4v) is 4.76. The third-order valence-corrected chi connectivity index (χ3v) is 6.49. The third kappa shape index (κ3) is 3.73. The zero-order chi connectivity index (χ0) is 24.9. The van der Waals surface area contributed by atoms with E-state index in [9.17, 15) is 13.2 Å². The second kappa shape index (κ2) is 8.38. The highest BCUT2D eigenvalue weighted by molar-refractivity contribution is 6.11. The number of rotatable bonds is 3. The molecule has 0 radical (unpaired) electrons. The van der Waals surface area contributed by atoms with Crippen LogP contribution in [0.1, 0.15) is 5.56 Å². The van der Waals surface area contributed by atoms with Crippen LogP contribution >= 0.6 is 0 Å². The number of fused-ring (bicyclic) bond motifs is 3. The van der Waals surface area contributed by atoms with Gasteiger partial charge in [0, 0.05) is 10.8 Å². The molecule has 0 amide bonds. The number of hydrogen-bond acceptors (Lipinski definition) is 0. The van der Waals surface area contributed by atoms with Crippen molar-refractivity contribution in [1.29, 1.82) is 0 Å². The van der Waals surface area contributed by atoms with Crippen LogP contribution in [0.2, 0.25) is 0 Å². The highest BCUT2D eigenvalue weighted by atomic mass is 19.4. The molecule has 0 fully saturated rings. The average Bonchev–Trinajstić information content (AvgIpc) is 3.22. The van der Waals surface area contributed by atoms with E-state index in [4.69, 9.17) is 0 Å². The average molecular weight is 481 g/mol. The molecule has 1 nitrogen and oxygen atoms in total. The molecule has 0 saturated heterocycles. The van der Waals surface area contributed by atoms with Gasteiger partial charge in [0.25, 0.3) is 0 Å². The molecule has 1 heterocycles. The van der Waals surface area contributed by atoms with E-state index in [1.165, 1.54) is 0 Å². The summed E-state index contributed by atoms with van der Waals surface area (Å²) >= 11 is 0. The van der Waals surface area contributed by atoms with Gasteiger partial charge in [-0.3, -0.25) is 0 Å². The minimum Gasteiger partial charge on any atom is -0.306 e. The van der Waals surface area contributed by atoms with Crippen molar-refractivity contribution < 1.29 is 17.6 Å². The van der Waals surface area contributed by atoms with Gasteiger partial charge < -0.3 is 4.57 Å². The molecule has 176 valence electrons. The van der Waals surface area contributed by atoms with Crippen molar-refractivity contribution in [3.8, 4) is 27.9 Å². The van der Waals surface area contributed by atoms with Gasteiger partial charge in [0.15, 0.2) is 0 Å². The first-order valence-electron chi connectivity index (χ1n) is 11.5. The number of aromatic nitrogens is 1. The first kappa shape index (κ1) is 22.1. The maximum Gasteiger partial charge on any atom is 0.416 e. The zero-order valence-corrected chi connectivity index (χ0v) is 18.9. The summed E-state index contributed by atoms with van der Waals surface area (Å²) in [6.07, 6.45) is -4.58. The van der Waals surface area contributed by atoms with Crippen molar-refractivity contribution in [2.75, 3.05) is 0 Å². The molecule has 0 atom stereocenters. The molecule has 0 bridgehead atoms. The normalized spacial score (nSPS) is 11.9. The lowest BCUT2D eigenvalue weighted by atomic mass is 10.0. The van der Waals surface area contributed by atoms with Crippen LogP contribution in [0, 0.1) is 5.82 Å². The number of hydrogen-bond donors (Lipinski definition) is 0. The summed E-state index contributed by atoms with van der Waals surface area (Å²) in [4.78, 5) is 0.